The van der Waals surface area contributed by atoms with Crippen molar-refractivity contribution in [1.29, 1.82) is 0 Å². The van der Waals surface area contributed by atoms with Crippen LogP contribution in [0.4, 0.5) is 0 Å². The molecule has 0 heterocycles. The van der Waals surface area contributed by atoms with Gasteiger partial charge in [0.05, 0.1) is 6.61 Å². The average Bonchev–Trinajstić information content (AvgIpc) is 2.65. The summed E-state index contributed by atoms with van der Waals surface area (Å²) < 4.78 is 21.9. The first kappa shape index (κ1) is 9.67. The maximum Gasteiger partial charge on any atom is 0.159 e. The van der Waals surface area contributed by atoms with Gasteiger partial charge in [-0.1, -0.05) is 0 Å². The maximum absolute atomic E-state index is 11.2. The molecule has 0 aromatic rings. The molecular formula is C7H12O4S. The number of sulfone groups is 1. The SMILES string of the molecule is CS(=O)(=O)[C@@H](CO)C(=O)C1CC1. The number of Topliss-reactive ketones (excluding diaryl/α,β-unsaturated/α-hetero) is 1. The first-order valence-electron chi connectivity index (χ1n) is 3.80. The van der Waals surface area contributed by atoms with Crippen LogP contribution in [0.3, 0.4) is 0 Å². The summed E-state index contributed by atoms with van der Waals surface area (Å²) in [5.74, 6) is -0.433. The van der Waals surface area contributed by atoms with Gasteiger partial charge >= 0.3 is 0 Å². The highest BCUT2D eigenvalue weighted by Gasteiger charge is 2.38. The Morgan fingerprint density at radius 1 is 1.58 bits per heavy atom. The van der Waals surface area contributed by atoms with E-state index in [0.717, 1.165) is 19.1 Å². The lowest BCUT2D eigenvalue weighted by molar-refractivity contribution is -0.120. The van der Waals surface area contributed by atoms with Crippen LogP contribution in [0.2, 0.25) is 0 Å². The summed E-state index contributed by atoms with van der Waals surface area (Å²) >= 11 is 0. The first-order valence-corrected chi connectivity index (χ1v) is 5.75. The highest BCUT2D eigenvalue weighted by Crippen LogP contribution is 2.32. The molecule has 1 rings (SSSR count). The lowest BCUT2D eigenvalue weighted by Gasteiger charge is -2.09. The Kier molecular flexibility index (Phi) is 2.53. The normalized spacial score (nSPS) is 20.5. The summed E-state index contributed by atoms with van der Waals surface area (Å²) in [4.78, 5) is 11.2. The average molecular weight is 192 g/mol. The predicted octanol–water partition coefficient (Wildman–Crippen LogP) is -0.629. The van der Waals surface area contributed by atoms with Gasteiger partial charge < -0.3 is 5.11 Å². The summed E-state index contributed by atoms with van der Waals surface area (Å²) in [5.41, 5.74) is 0. The molecule has 1 saturated carbocycles. The number of rotatable bonds is 4. The fraction of sp³-hybridized carbons (Fsp3) is 0.857. The minimum atomic E-state index is -3.42. The van der Waals surface area contributed by atoms with Gasteiger partial charge in [0.15, 0.2) is 15.6 Å². The summed E-state index contributed by atoms with van der Waals surface area (Å²) in [5, 5.41) is 7.52. The van der Waals surface area contributed by atoms with E-state index in [2.05, 4.69) is 0 Å². The van der Waals surface area contributed by atoms with E-state index in [1.165, 1.54) is 0 Å². The third-order valence-electron chi connectivity index (χ3n) is 1.98. The summed E-state index contributed by atoms with van der Waals surface area (Å²) in [7, 11) is -3.42. The lowest BCUT2D eigenvalue weighted by Crippen LogP contribution is -2.34. The highest BCUT2D eigenvalue weighted by atomic mass is 32.2. The van der Waals surface area contributed by atoms with Crippen LogP contribution in [0, 0.1) is 5.92 Å². The van der Waals surface area contributed by atoms with Crippen LogP contribution >= 0.6 is 0 Å². The number of hydrogen-bond donors (Lipinski definition) is 1. The number of aliphatic hydroxyl groups excluding tert-OH is 1. The molecule has 0 aliphatic heterocycles. The van der Waals surface area contributed by atoms with Gasteiger partial charge in [0.25, 0.3) is 0 Å². The van der Waals surface area contributed by atoms with Crippen LogP contribution in [-0.4, -0.2) is 37.4 Å². The van der Waals surface area contributed by atoms with Crippen LogP contribution in [0.25, 0.3) is 0 Å². The molecule has 0 amide bonds. The van der Waals surface area contributed by atoms with E-state index in [9.17, 15) is 13.2 Å². The van der Waals surface area contributed by atoms with Crippen LogP contribution in [-0.2, 0) is 14.6 Å². The van der Waals surface area contributed by atoms with Crippen molar-refractivity contribution >= 4 is 15.6 Å². The third kappa shape index (κ3) is 2.04. The molecule has 0 radical (unpaired) electrons. The Labute approximate surface area is 71.5 Å². The van der Waals surface area contributed by atoms with E-state index < -0.39 is 21.7 Å². The number of ketones is 1. The lowest BCUT2D eigenvalue weighted by atomic mass is 10.2. The van der Waals surface area contributed by atoms with Crippen LogP contribution < -0.4 is 0 Å². The fourth-order valence-corrected chi connectivity index (χ4v) is 1.95. The maximum atomic E-state index is 11.2. The molecule has 0 aromatic heterocycles. The second-order valence-electron chi connectivity index (χ2n) is 3.18. The molecule has 12 heavy (non-hydrogen) atoms. The van der Waals surface area contributed by atoms with Crippen molar-refractivity contribution in [2.45, 2.75) is 18.1 Å². The summed E-state index contributed by atoms with van der Waals surface area (Å²) in [6.07, 6.45) is 2.52. The Morgan fingerprint density at radius 3 is 2.33 bits per heavy atom. The van der Waals surface area contributed by atoms with E-state index >= 15 is 0 Å². The van der Waals surface area contributed by atoms with Gasteiger partial charge in [-0.25, -0.2) is 8.42 Å². The first-order chi connectivity index (χ1) is 5.46. The van der Waals surface area contributed by atoms with Gasteiger partial charge in [-0.3, -0.25) is 4.79 Å². The van der Waals surface area contributed by atoms with E-state index in [-0.39, 0.29) is 11.7 Å². The Balaban J connectivity index is 2.74. The summed E-state index contributed by atoms with van der Waals surface area (Å²) in [6, 6.07) is 0. The zero-order valence-electron chi connectivity index (χ0n) is 6.86. The van der Waals surface area contributed by atoms with E-state index in [0.29, 0.717) is 0 Å². The van der Waals surface area contributed by atoms with Crippen LogP contribution in [0.15, 0.2) is 0 Å². The van der Waals surface area contributed by atoms with E-state index in [1.54, 1.807) is 0 Å². The van der Waals surface area contributed by atoms with Gasteiger partial charge in [-0.2, -0.15) is 0 Å². The second kappa shape index (κ2) is 3.14. The molecule has 1 aliphatic rings. The zero-order chi connectivity index (χ0) is 9.35. The van der Waals surface area contributed by atoms with Crippen LogP contribution in [0.5, 0.6) is 0 Å². The molecule has 1 fully saturated rings. The monoisotopic (exact) mass is 192 g/mol. The van der Waals surface area contributed by atoms with E-state index in [1.807, 2.05) is 0 Å². The largest absolute Gasteiger partial charge is 0.395 e. The second-order valence-corrected chi connectivity index (χ2v) is 5.41. The molecule has 0 saturated heterocycles. The minimum Gasteiger partial charge on any atom is -0.395 e. The van der Waals surface area contributed by atoms with Gasteiger partial charge in [-0.15, -0.1) is 0 Å². The molecule has 4 nitrogen and oxygen atoms in total. The summed E-state index contributed by atoms with van der Waals surface area (Å²) in [6.45, 7) is -0.589. The van der Waals surface area contributed by atoms with E-state index in [4.69, 9.17) is 5.11 Å². The smallest absolute Gasteiger partial charge is 0.159 e. The number of aliphatic hydroxyl groups is 1. The van der Waals surface area contributed by atoms with Gasteiger partial charge in [-0.05, 0) is 12.8 Å². The van der Waals surface area contributed by atoms with Crippen molar-refractivity contribution in [2.75, 3.05) is 12.9 Å². The molecule has 0 spiro atoms. The molecule has 1 atom stereocenters. The fourth-order valence-electron chi connectivity index (χ4n) is 1.07. The molecule has 5 heteroatoms. The molecular weight excluding hydrogens is 180 g/mol. The van der Waals surface area contributed by atoms with Gasteiger partial charge in [0, 0.05) is 12.2 Å². The third-order valence-corrected chi connectivity index (χ3v) is 3.39. The number of carbonyl (C=O) groups excluding carboxylic acids is 1. The molecule has 0 unspecified atom stereocenters. The zero-order valence-corrected chi connectivity index (χ0v) is 7.67. The van der Waals surface area contributed by atoms with Gasteiger partial charge in [0.1, 0.15) is 5.25 Å². The van der Waals surface area contributed by atoms with Crippen molar-refractivity contribution < 1.29 is 18.3 Å². The number of hydrogen-bond acceptors (Lipinski definition) is 4. The Hall–Kier alpha value is -0.420. The molecule has 1 aliphatic carbocycles. The Bertz CT molecular complexity index is 276. The van der Waals surface area contributed by atoms with Crippen molar-refractivity contribution in [2.24, 2.45) is 5.92 Å². The minimum absolute atomic E-state index is 0.114. The highest BCUT2D eigenvalue weighted by molar-refractivity contribution is 7.92. The molecule has 0 bridgehead atoms. The standard InChI is InChI=1S/C7H12O4S/c1-12(10,11)6(4-8)7(9)5-2-3-5/h5-6,8H,2-4H2,1H3/t6-/m0/s1. The number of carbonyl (C=O) groups is 1. The topological polar surface area (TPSA) is 71.4 Å². The van der Waals surface area contributed by atoms with Crippen molar-refractivity contribution in [1.82, 2.24) is 0 Å². The predicted molar refractivity (Wildman–Crippen MR) is 43.4 cm³/mol. The van der Waals surface area contributed by atoms with Gasteiger partial charge in [0.2, 0.25) is 0 Å². The quantitative estimate of drug-likeness (QED) is 0.644. The Morgan fingerprint density at radius 2 is 2.08 bits per heavy atom. The van der Waals surface area contributed by atoms with Crippen molar-refractivity contribution in [3.8, 4) is 0 Å². The van der Waals surface area contributed by atoms with Crippen LogP contribution in [0.1, 0.15) is 12.8 Å². The van der Waals surface area contributed by atoms with Crippen molar-refractivity contribution in [3.63, 3.8) is 0 Å². The molecule has 70 valence electrons. The van der Waals surface area contributed by atoms with Crippen molar-refractivity contribution in [3.05, 3.63) is 0 Å². The molecule has 1 N–H and O–H groups in total. The molecule has 0 aromatic carbocycles.